The van der Waals surface area contributed by atoms with Gasteiger partial charge in [-0.3, -0.25) is 14.2 Å². The summed E-state index contributed by atoms with van der Waals surface area (Å²) in [7, 11) is 0. The van der Waals surface area contributed by atoms with E-state index in [1.165, 1.54) is 37.4 Å². The second kappa shape index (κ2) is 9.33. The number of piperidine rings is 1. The number of fused-ring (bicyclic) bond motifs is 2. The first-order valence-corrected chi connectivity index (χ1v) is 12.7. The number of ether oxygens (including phenoxy) is 1. The zero-order valence-corrected chi connectivity index (χ0v) is 18.8. The average Bonchev–Trinajstić information content (AvgIpc) is 3.32. The van der Waals surface area contributed by atoms with E-state index >= 15 is 0 Å². The third-order valence-corrected chi connectivity index (χ3v) is 8.09. The van der Waals surface area contributed by atoms with E-state index in [-0.39, 0.29) is 17.6 Å². The Morgan fingerprint density at radius 3 is 2.81 bits per heavy atom. The smallest absolute Gasteiger partial charge is 0.262 e. The molecule has 6 nitrogen and oxygen atoms in total. The Balaban J connectivity index is 1.37. The van der Waals surface area contributed by atoms with Crippen LogP contribution in [0, 0.1) is 5.92 Å². The molecular formula is C24H31N3O3S. The number of likely N-dealkylation sites (tertiary alicyclic amines) is 1. The van der Waals surface area contributed by atoms with Crippen LogP contribution in [0.1, 0.15) is 51.4 Å². The minimum Gasteiger partial charge on any atom is -0.376 e. The monoisotopic (exact) mass is 441 g/mol. The Hall–Kier alpha value is -1.86. The summed E-state index contributed by atoms with van der Waals surface area (Å²) in [6.07, 6.45) is 9.32. The van der Waals surface area contributed by atoms with Gasteiger partial charge in [0, 0.05) is 19.2 Å². The largest absolute Gasteiger partial charge is 0.376 e. The third-order valence-electron chi connectivity index (χ3n) is 7.13. The van der Waals surface area contributed by atoms with Gasteiger partial charge < -0.3 is 9.64 Å². The molecule has 31 heavy (non-hydrogen) atoms. The molecule has 0 spiro atoms. The minimum atomic E-state index is -0.0404. The highest BCUT2D eigenvalue weighted by atomic mass is 32.2. The number of nitrogens with zero attached hydrogens (tertiary/aromatic N) is 3. The molecule has 3 atom stereocenters. The van der Waals surface area contributed by atoms with E-state index in [1.54, 1.807) is 4.57 Å². The summed E-state index contributed by atoms with van der Waals surface area (Å²) in [5, 5.41) is 1.25. The van der Waals surface area contributed by atoms with Crippen LogP contribution in [-0.4, -0.2) is 51.4 Å². The van der Waals surface area contributed by atoms with E-state index in [9.17, 15) is 9.59 Å². The molecule has 3 fully saturated rings. The van der Waals surface area contributed by atoms with E-state index in [4.69, 9.17) is 9.72 Å². The van der Waals surface area contributed by atoms with Gasteiger partial charge in [0.25, 0.3) is 5.56 Å². The number of rotatable bonds is 5. The lowest BCUT2D eigenvalue weighted by atomic mass is 9.78. The van der Waals surface area contributed by atoms with Gasteiger partial charge in [0.15, 0.2) is 5.16 Å². The van der Waals surface area contributed by atoms with Crippen molar-refractivity contribution in [1.29, 1.82) is 0 Å². The molecule has 2 saturated heterocycles. The SMILES string of the molecule is O=C(CSc1nc2ccccc2c(=O)n1C[C@@H]1CCCO1)N1CCC[C@H]2CCCC[C@H]21. The first-order valence-electron chi connectivity index (χ1n) is 11.7. The highest BCUT2D eigenvalue weighted by Crippen LogP contribution is 2.35. The standard InChI is InChI=1S/C24H31N3O3S/c28-22(26-13-5-8-17-7-1-4-12-21(17)26)16-31-24-25-20-11-3-2-10-19(20)23(29)27(24)15-18-9-6-14-30-18/h2-3,10-11,17-18,21H,1,4-9,12-16H2/t17-,18+,21-/m1/s1. The Labute approximate surface area is 187 Å². The molecule has 1 aromatic carbocycles. The van der Waals surface area contributed by atoms with Crippen molar-refractivity contribution in [2.45, 2.75) is 75.2 Å². The summed E-state index contributed by atoms with van der Waals surface area (Å²) in [6, 6.07) is 7.88. The summed E-state index contributed by atoms with van der Waals surface area (Å²) < 4.78 is 7.52. The molecule has 7 heteroatoms. The topological polar surface area (TPSA) is 64.4 Å². The molecule has 0 unspecified atom stereocenters. The molecule has 166 valence electrons. The molecule has 1 aliphatic carbocycles. The Bertz CT molecular complexity index is 999. The van der Waals surface area contributed by atoms with Crippen molar-refractivity contribution in [2.24, 2.45) is 5.92 Å². The molecule has 0 N–H and O–H groups in total. The normalized spacial score (nSPS) is 26.2. The van der Waals surface area contributed by atoms with Crippen molar-refractivity contribution in [3.63, 3.8) is 0 Å². The number of amides is 1. The Morgan fingerprint density at radius 1 is 1.10 bits per heavy atom. The number of carbonyl (C=O) groups excluding carboxylic acids is 1. The van der Waals surface area contributed by atoms with Gasteiger partial charge in [-0.2, -0.15) is 0 Å². The van der Waals surface area contributed by atoms with Crippen molar-refractivity contribution in [3.05, 3.63) is 34.6 Å². The van der Waals surface area contributed by atoms with E-state index < -0.39 is 0 Å². The zero-order valence-electron chi connectivity index (χ0n) is 18.0. The number of aromatic nitrogens is 2. The van der Waals surface area contributed by atoms with Gasteiger partial charge in [0.05, 0.1) is 29.3 Å². The molecule has 3 heterocycles. The lowest BCUT2D eigenvalue weighted by Gasteiger charge is -2.44. The first kappa shape index (κ1) is 21.0. The van der Waals surface area contributed by atoms with Gasteiger partial charge in [-0.15, -0.1) is 0 Å². The number of carbonyl (C=O) groups is 1. The second-order valence-corrected chi connectivity index (χ2v) is 10.0. The van der Waals surface area contributed by atoms with Crippen LogP contribution in [0.15, 0.2) is 34.2 Å². The highest BCUT2D eigenvalue weighted by Gasteiger charge is 2.35. The first-order chi connectivity index (χ1) is 15.2. The summed E-state index contributed by atoms with van der Waals surface area (Å²) >= 11 is 1.41. The molecular weight excluding hydrogens is 410 g/mol. The van der Waals surface area contributed by atoms with Crippen molar-refractivity contribution in [1.82, 2.24) is 14.5 Å². The fourth-order valence-electron chi connectivity index (χ4n) is 5.55. The second-order valence-electron chi connectivity index (χ2n) is 9.09. The van der Waals surface area contributed by atoms with Crippen LogP contribution in [0.2, 0.25) is 0 Å². The molecule has 2 aliphatic heterocycles. The fraction of sp³-hybridized carbons (Fsp3) is 0.625. The van der Waals surface area contributed by atoms with Crippen molar-refractivity contribution in [3.8, 4) is 0 Å². The lowest BCUT2D eigenvalue weighted by molar-refractivity contribution is -0.134. The van der Waals surface area contributed by atoms with Crippen LogP contribution >= 0.6 is 11.8 Å². The zero-order chi connectivity index (χ0) is 21.2. The van der Waals surface area contributed by atoms with Crippen LogP contribution in [0.3, 0.4) is 0 Å². The van der Waals surface area contributed by atoms with Crippen LogP contribution in [-0.2, 0) is 16.1 Å². The maximum absolute atomic E-state index is 13.2. The lowest BCUT2D eigenvalue weighted by Crippen LogP contribution is -2.50. The van der Waals surface area contributed by atoms with Crippen molar-refractivity contribution < 1.29 is 9.53 Å². The number of para-hydroxylation sites is 1. The Morgan fingerprint density at radius 2 is 1.94 bits per heavy atom. The molecule has 2 aromatic rings. The van der Waals surface area contributed by atoms with E-state index in [1.807, 2.05) is 24.3 Å². The number of thioether (sulfide) groups is 1. The van der Waals surface area contributed by atoms with Gasteiger partial charge in [-0.1, -0.05) is 36.7 Å². The van der Waals surface area contributed by atoms with Crippen LogP contribution in [0.25, 0.3) is 10.9 Å². The predicted molar refractivity (Wildman–Crippen MR) is 122 cm³/mol. The molecule has 1 saturated carbocycles. The van der Waals surface area contributed by atoms with Crippen LogP contribution < -0.4 is 5.56 Å². The third kappa shape index (κ3) is 4.40. The summed E-state index contributed by atoms with van der Waals surface area (Å²) in [5.74, 6) is 1.19. The van der Waals surface area contributed by atoms with Gasteiger partial charge in [0.1, 0.15) is 0 Å². The van der Waals surface area contributed by atoms with Crippen molar-refractivity contribution in [2.75, 3.05) is 18.9 Å². The minimum absolute atomic E-state index is 0.0404. The van der Waals surface area contributed by atoms with Gasteiger partial charge in [0.2, 0.25) is 5.91 Å². The summed E-state index contributed by atoms with van der Waals surface area (Å²) in [5.41, 5.74) is 0.651. The summed E-state index contributed by atoms with van der Waals surface area (Å²) in [4.78, 5) is 33.3. The quantitative estimate of drug-likeness (QED) is 0.521. The molecule has 0 bridgehead atoms. The molecule has 0 radical (unpaired) electrons. The van der Waals surface area contributed by atoms with E-state index in [0.29, 0.717) is 40.3 Å². The average molecular weight is 442 g/mol. The maximum atomic E-state index is 13.2. The maximum Gasteiger partial charge on any atom is 0.262 e. The van der Waals surface area contributed by atoms with Gasteiger partial charge in [-0.05, 0) is 56.6 Å². The van der Waals surface area contributed by atoms with Crippen LogP contribution in [0.5, 0.6) is 0 Å². The fourth-order valence-corrected chi connectivity index (χ4v) is 6.45. The van der Waals surface area contributed by atoms with E-state index in [0.717, 1.165) is 38.8 Å². The van der Waals surface area contributed by atoms with E-state index in [2.05, 4.69) is 4.90 Å². The number of hydrogen-bond acceptors (Lipinski definition) is 5. The van der Waals surface area contributed by atoms with Crippen LogP contribution in [0.4, 0.5) is 0 Å². The highest BCUT2D eigenvalue weighted by molar-refractivity contribution is 7.99. The molecule has 5 rings (SSSR count). The van der Waals surface area contributed by atoms with Gasteiger partial charge in [-0.25, -0.2) is 4.98 Å². The Kier molecular flexibility index (Phi) is 6.32. The molecule has 3 aliphatic rings. The van der Waals surface area contributed by atoms with Gasteiger partial charge >= 0.3 is 0 Å². The predicted octanol–water partition coefficient (Wildman–Crippen LogP) is 3.85. The summed E-state index contributed by atoms with van der Waals surface area (Å²) in [6.45, 7) is 2.12. The molecule has 1 amide bonds. The van der Waals surface area contributed by atoms with Crippen molar-refractivity contribution >= 4 is 28.6 Å². The number of hydrogen-bond donors (Lipinski definition) is 0. The molecule has 1 aromatic heterocycles. The number of benzene rings is 1.